The van der Waals surface area contributed by atoms with Crippen LogP contribution in [-0.2, 0) is 20.7 Å². The van der Waals surface area contributed by atoms with Crippen LogP contribution in [0.4, 0.5) is 17.3 Å². The van der Waals surface area contributed by atoms with Gasteiger partial charge in [-0.1, -0.05) is 17.7 Å². The number of carbonyl (C=O) groups excluding carboxylic acids is 2. The fourth-order valence-corrected chi connectivity index (χ4v) is 3.47. The number of ether oxygens (including phenoxy) is 1. The normalized spacial score (nSPS) is 12.9. The average molecular weight is 424 g/mol. The quantitative estimate of drug-likeness (QED) is 0.496. The highest BCUT2D eigenvalue weighted by atomic mass is 35.5. The number of fused-ring (bicyclic) bond motifs is 2. The van der Waals surface area contributed by atoms with Crippen LogP contribution in [0.2, 0.25) is 5.02 Å². The fraction of sp³-hybridized carbons (Fsp3) is 0.190. The number of hydrogen-bond donors (Lipinski definition) is 1. The molecule has 0 aliphatic carbocycles. The van der Waals surface area contributed by atoms with Crippen molar-refractivity contribution in [2.75, 3.05) is 23.4 Å². The summed E-state index contributed by atoms with van der Waals surface area (Å²) in [7, 11) is 0. The van der Waals surface area contributed by atoms with Gasteiger partial charge in [0, 0.05) is 34.8 Å². The lowest BCUT2D eigenvalue weighted by Crippen LogP contribution is -2.16. The van der Waals surface area contributed by atoms with E-state index < -0.39 is 11.9 Å². The second kappa shape index (κ2) is 8.46. The summed E-state index contributed by atoms with van der Waals surface area (Å²) in [5, 5.41) is 4.03. The second-order valence-electron chi connectivity index (χ2n) is 6.53. The van der Waals surface area contributed by atoms with E-state index in [2.05, 4.69) is 25.2 Å². The van der Waals surface area contributed by atoms with E-state index in [4.69, 9.17) is 16.3 Å². The minimum Gasteiger partial charge on any atom is -0.463 e. The molecule has 4 rings (SSSR count). The van der Waals surface area contributed by atoms with Crippen LogP contribution in [0.5, 0.6) is 0 Å². The van der Waals surface area contributed by atoms with Crippen molar-refractivity contribution >= 4 is 51.7 Å². The molecule has 8 nitrogen and oxygen atoms in total. The van der Waals surface area contributed by atoms with Gasteiger partial charge in [0.05, 0.1) is 18.3 Å². The first-order chi connectivity index (χ1) is 14.5. The highest BCUT2D eigenvalue weighted by Crippen LogP contribution is 2.38. The van der Waals surface area contributed by atoms with Crippen molar-refractivity contribution in [1.82, 2.24) is 15.0 Å². The number of benzene rings is 1. The molecule has 0 saturated carbocycles. The fourth-order valence-electron chi connectivity index (χ4n) is 3.30. The Hall–Kier alpha value is -3.52. The minimum absolute atomic E-state index is 0.241. The van der Waals surface area contributed by atoms with E-state index in [0.29, 0.717) is 22.2 Å². The van der Waals surface area contributed by atoms with E-state index in [1.807, 2.05) is 18.2 Å². The predicted molar refractivity (Wildman–Crippen MR) is 114 cm³/mol. The van der Waals surface area contributed by atoms with Gasteiger partial charge in [-0.3, -0.25) is 4.79 Å². The maximum Gasteiger partial charge on any atom is 0.330 e. The molecule has 0 saturated heterocycles. The number of rotatable bonds is 5. The first kappa shape index (κ1) is 19.8. The molecule has 1 N–H and O–H groups in total. The number of pyridine rings is 1. The molecule has 0 atom stereocenters. The SMILES string of the molecule is CCOC(=O)C=CC(=O)Nc1cc2c(N3CCc4ccc(Cl)cc43)ncnc2cn1. The molecule has 2 aromatic heterocycles. The van der Waals surface area contributed by atoms with E-state index in [9.17, 15) is 9.59 Å². The summed E-state index contributed by atoms with van der Waals surface area (Å²) < 4.78 is 4.76. The smallest absolute Gasteiger partial charge is 0.330 e. The van der Waals surface area contributed by atoms with Crippen LogP contribution >= 0.6 is 11.6 Å². The highest BCUT2D eigenvalue weighted by Gasteiger charge is 2.23. The van der Waals surface area contributed by atoms with Gasteiger partial charge in [-0.15, -0.1) is 0 Å². The molecule has 1 aliphatic rings. The number of nitrogens with one attached hydrogen (secondary N) is 1. The predicted octanol–water partition coefficient (Wildman–Crippen LogP) is 3.43. The molecule has 30 heavy (non-hydrogen) atoms. The van der Waals surface area contributed by atoms with Crippen LogP contribution in [0.15, 0.2) is 48.9 Å². The molecular formula is C21H18ClN5O3. The lowest BCUT2D eigenvalue weighted by atomic mass is 10.2. The summed E-state index contributed by atoms with van der Waals surface area (Å²) in [4.78, 5) is 38.5. The maximum absolute atomic E-state index is 12.1. The van der Waals surface area contributed by atoms with E-state index in [1.165, 1.54) is 11.9 Å². The Labute approximate surface area is 177 Å². The van der Waals surface area contributed by atoms with Crippen LogP contribution in [0.1, 0.15) is 12.5 Å². The zero-order valence-electron chi connectivity index (χ0n) is 16.1. The number of aromatic nitrogens is 3. The third-order valence-electron chi connectivity index (χ3n) is 4.61. The number of amides is 1. The van der Waals surface area contributed by atoms with Crippen LogP contribution in [0, 0.1) is 0 Å². The van der Waals surface area contributed by atoms with Crippen molar-refractivity contribution in [3.05, 3.63) is 59.5 Å². The molecule has 3 aromatic rings. The van der Waals surface area contributed by atoms with Crippen molar-refractivity contribution in [3.8, 4) is 0 Å². The van der Waals surface area contributed by atoms with Crippen molar-refractivity contribution in [2.24, 2.45) is 0 Å². The van der Waals surface area contributed by atoms with Crippen LogP contribution in [0.3, 0.4) is 0 Å². The molecule has 3 heterocycles. The molecule has 0 fully saturated rings. The number of esters is 1. The highest BCUT2D eigenvalue weighted by molar-refractivity contribution is 6.31. The molecule has 1 amide bonds. The van der Waals surface area contributed by atoms with E-state index in [1.54, 1.807) is 19.2 Å². The van der Waals surface area contributed by atoms with Crippen molar-refractivity contribution in [3.63, 3.8) is 0 Å². The third kappa shape index (κ3) is 4.08. The summed E-state index contributed by atoms with van der Waals surface area (Å²) in [5.74, 6) is -0.0451. The molecule has 9 heteroatoms. The Morgan fingerprint density at radius 3 is 2.93 bits per heavy atom. The van der Waals surface area contributed by atoms with Gasteiger partial charge in [0.25, 0.3) is 0 Å². The Morgan fingerprint density at radius 1 is 1.23 bits per heavy atom. The number of carbonyl (C=O) groups is 2. The third-order valence-corrected chi connectivity index (χ3v) is 4.84. The number of hydrogen-bond acceptors (Lipinski definition) is 7. The van der Waals surface area contributed by atoms with E-state index >= 15 is 0 Å². The summed E-state index contributed by atoms with van der Waals surface area (Å²) >= 11 is 6.19. The Morgan fingerprint density at radius 2 is 2.10 bits per heavy atom. The Kier molecular flexibility index (Phi) is 5.58. The van der Waals surface area contributed by atoms with Crippen molar-refractivity contribution in [1.29, 1.82) is 0 Å². The summed E-state index contributed by atoms with van der Waals surface area (Å²) in [5.41, 5.74) is 2.84. The molecule has 1 aromatic carbocycles. The minimum atomic E-state index is -0.582. The molecule has 0 radical (unpaired) electrons. The maximum atomic E-state index is 12.1. The zero-order valence-corrected chi connectivity index (χ0v) is 16.9. The zero-order chi connectivity index (χ0) is 21.1. The van der Waals surface area contributed by atoms with Gasteiger partial charge < -0.3 is 15.0 Å². The Balaban J connectivity index is 1.63. The van der Waals surface area contributed by atoms with Crippen LogP contribution in [0.25, 0.3) is 10.9 Å². The largest absolute Gasteiger partial charge is 0.463 e. The molecular weight excluding hydrogens is 406 g/mol. The number of nitrogens with zero attached hydrogens (tertiary/aromatic N) is 4. The summed E-state index contributed by atoms with van der Waals surface area (Å²) in [6.07, 6.45) is 6.11. The Bertz CT molecular complexity index is 1160. The van der Waals surface area contributed by atoms with E-state index in [-0.39, 0.29) is 6.61 Å². The lowest BCUT2D eigenvalue weighted by Gasteiger charge is -2.20. The van der Waals surface area contributed by atoms with Crippen LogP contribution in [-0.4, -0.2) is 40.0 Å². The van der Waals surface area contributed by atoms with Gasteiger partial charge in [0.1, 0.15) is 18.0 Å². The molecule has 0 spiro atoms. The van der Waals surface area contributed by atoms with Gasteiger partial charge in [-0.05, 0) is 37.1 Å². The molecule has 152 valence electrons. The topological polar surface area (TPSA) is 97.3 Å². The van der Waals surface area contributed by atoms with Gasteiger partial charge in [0.2, 0.25) is 5.91 Å². The number of halogens is 1. The molecule has 0 bridgehead atoms. The summed E-state index contributed by atoms with van der Waals surface area (Å²) in [6.45, 7) is 2.69. The standard InChI is InChI=1S/C21H18ClN5O3/c1-2-30-20(29)6-5-19(28)26-18-10-15-16(11-23-18)24-12-25-21(15)27-8-7-13-3-4-14(22)9-17(13)27/h3-6,9-12H,2,7-8H2,1H3,(H,23,26,28). The average Bonchev–Trinajstić information content (AvgIpc) is 3.15. The first-order valence-corrected chi connectivity index (χ1v) is 9.75. The first-order valence-electron chi connectivity index (χ1n) is 9.37. The monoisotopic (exact) mass is 423 g/mol. The van der Waals surface area contributed by atoms with Gasteiger partial charge in [0.15, 0.2) is 0 Å². The van der Waals surface area contributed by atoms with Crippen LogP contribution < -0.4 is 10.2 Å². The molecule has 0 unspecified atom stereocenters. The second-order valence-corrected chi connectivity index (χ2v) is 6.97. The van der Waals surface area contributed by atoms with Gasteiger partial charge in [-0.2, -0.15) is 0 Å². The summed E-state index contributed by atoms with van der Waals surface area (Å²) in [6, 6.07) is 7.53. The lowest BCUT2D eigenvalue weighted by molar-refractivity contribution is -0.137. The van der Waals surface area contributed by atoms with Gasteiger partial charge >= 0.3 is 5.97 Å². The van der Waals surface area contributed by atoms with Crippen molar-refractivity contribution < 1.29 is 14.3 Å². The number of anilines is 3. The van der Waals surface area contributed by atoms with Gasteiger partial charge in [-0.25, -0.2) is 19.7 Å². The molecule has 1 aliphatic heterocycles. The van der Waals surface area contributed by atoms with E-state index in [0.717, 1.165) is 36.2 Å². The van der Waals surface area contributed by atoms with Crippen molar-refractivity contribution in [2.45, 2.75) is 13.3 Å².